The molecule has 0 atom stereocenters. The zero-order chi connectivity index (χ0) is 17.9. The molecule has 1 amide bonds. The minimum Gasteiger partial charge on any atom is -0.508 e. The van der Waals surface area contributed by atoms with E-state index in [9.17, 15) is 9.90 Å². The molecule has 2 N–H and O–H groups in total. The number of carbonyl (C=O) groups excluding carboxylic acids is 1. The fourth-order valence-electron chi connectivity index (χ4n) is 3.16. The molecule has 5 heteroatoms. The number of rotatable bonds is 3. The van der Waals surface area contributed by atoms with Crippen molar-refractivity contribution in [3.8, 4) is 5.75 Å². The number of phenolic OH excluding ortho intramolecular Hbond substituents is 1. The molecule has 1 aliphatic rings. The van der Waals surface area contributed by atoms with Crippen LogP contribution in [0.1, 0.15) is 21.6 Å². The number of phenols is 1. The van der Waals surface area contributed by atoms with Crippen molar-refractivity contribution in [2.45, 2.75) is 13.0 Å². The van der Waals surface area contributed by atoms with Gasteiger partial charge in [-0.3, -0.25) is 4.79 Å². The summed E-state index contributed by atoms with van der Waals surface area (Å²) in [6, 6.07) is 20.3. The first-order chi connectivity index (χ1) is 12.7. The molecular weight excluding hydrogens is 326 g/mol. The number of benzene rings is 2. The average Bonchev–Trinajstić information content (AvgIpc) is 2.69. The summed E-state index contributed by atoms with van der Waals surface area (Å²) < 4.78 is 0. The van der Waals surface area contributed by atoms with E-state index >= 15 is 0 Å². The summed E-state index contributed by atoms with van der Waals surface area (Å²) in [5, 5.41) is 12.1. The van der Waals surface area contributed by atoms with Crippen LogP contribution >= 0.6 is 0 Å². The van der Waals surface area contributed by atoms with E-state index in [1.54, 1.807) is 18.2 Å². The Morgan fingerprint density at radius 3 is 2.54 bits per heavy atom. The molecule has 0 fully saturated rings. The average molecular weight is 345 g/mol. The number of aromatic nitrogens is 1. The van der Waals surface area contributed by atoms with E-state index in [2.05, 4.69) is 39.5 Å². The molecule has 5 nitrogen and oxygen atoms in total. The fourth-order valence-corrected chi connectivity index (χ4v) is 3.16. The Bertz CT molecular complexity index is 938. The van der Waals surface area contributed by atoms with Gasteiger partial charge in [0.2, 0.25) is 0 Å². The smallest absolute Gasteiger partial charge is 0.274 e. The third kappa shape index (κ3) is 3.37. The van der Waals surface area contributed by atoms with Gasteiger partial charge in [0.25, 0.3) is 5.91 Å². The maximum absolute atomic E-state index is 12.5. The number of nitrogens with one attached hydrogen (secondary N) is 1. The lowest BCUT2D eigenvalue weighted by atomic mass is 10.00. The van der Waals surface area contributed by atoms with Gasteiger partial charge in [-0.15, -0.1) is 0 Å². The van der Waals surface area contributed by atoms with Gasteiger partial charge in [0, 0.05) is 18.8 Å². The maximum atomic E-state index is 12.5. The first kappa shape index (κ1) is 16.1. The second-order valence-electron chi connectivity index (χ2n) is 6.32. The Labute approximate surface area is 151 Å². The van der Waals surface area contributed by atoms with Crippen LogP contribution in [-0.2, 0) is 13.0 Å². The summed E-state index contributed by atoms with van der Waals surface area (Å²) in [6.45, 7) is 1.68. The lowest BCUT2D eigenvalue weighted by molar-refractivity contribution is 0.102. The van der Waals surface area contributed by atoms with Crippen LogP contribution in [0.15, 0.2) is 66.7 Å². The van der Waals surface area contributed by atoms with Crippen LogP contribution in [0.5, 0.6) is 5.75 Å². The predicted molar refractivity (Wildman–Crippen MR) is 101 cm³/mol. The number of nitrogens with zero attached hydrogens (tertiary/aromatic N) is 2. The Morgan fingerprint density at radius 2 is 1.73 bits per heavy atom. The molecule has 0 bridgehead atoms. The van der Waals surface area contributed by atoms with Crippen molar-refractivity contribution >= 4 is 17.4 Å². The third-order valence-electron chi connectivity index (χ3n) is 4.55. The van der Waals surface area contributed by atoms with E-state index in [1.165, 1.54) is 23.3 Å². The Hall–Kier alpha value is -3.34. The summed E-state index contributed by atoms with van der Waals surface area (Å²) in [7, 11) is 0. The number of anilines is 2. The van der Waals surface area contributed by atoms with Crippen molar-refractivity contribution in [2.75, 3.05) is 16.8 Å². The Morgan fingerprint density at radius 1 is 0.962 bits per heavy atom. The molecule has 0 saturated heterocycles. The summed E-state index contributed by atoms with van der Waals surface area (Å²) in [6.07, 6.45) is 0.974. The molecule has 1 aliphatic heterocycles. The normalized spacial score (nSPS) is 13.2. The zero-order valence-electron chi connectivity index (χ0n) is 14.2. The van der Waals surface area contributed by atoms with Crippen molar-refractivity contribution in [3.05, 3.63) is 83.6 Å². The van der Waals surface area contributed by atoms with Crippen LogP contribution in [0.2, 0.25) is 0 Å². The highest BCUT2D eigenvalue weighted by Crippen LogP contribution is 2.23. The van der Waals surface area contributed by atoms with E-state index < -0.39 is 0 Å². The SMILES string of the molecule is O=C(Nc1ccc(O)cc1)c1cccc(N2CCc3ccccc3C2)n1. The van der Waals surface area contributed by atoms with Gasteiger partial charge in [0.15, 0.2) is 0 Å². The monoisotopic (exact) mass is 345 g/mol. The Kier molecular flexibility index (Phi) is 4.27. The maximum Gasteiger partial charge on any atom is 0.274 e. The number of hydrogen-bond acceptors (Lipinski definition) is 4. The molecule has 0 spiro atoms. The number of hydrogen-bond donors (Lipinski definition) is 2. The molecule has 26 heavy (non-hydrogen) atoms. The number of fused-ring (bicyclic) bond motifs is 1. The molecule has 2 heterocycles. The van der Waals surface area contributed by atoms with Gasteiger partial charge >= 0.3 is 0 Å². The quantitative estimate of drug-likeness (QED) is 0.712. The van der Waals surface area contributed by atoms with E-state index in [1.807, 2.05) is 12.1 Å². The van der Waals surface area contributed by atoms with E-state index in [4.69, 9.17) is 0 Å². The Balaban J connectivity index is 1.51. The van der Waals surface area contributed by atoms with Gasteiger partial charge < -0.3 is 15.3 Å². The number of carbonyl (C=O) groups is 1. The van der Waals surface area contributed by atoms with Gasteiger partial charge in [-0.05, 0) is 53.9 Å². The minimum atomic E-state index is -0.269. The van der Waals surface area contributed by atoms with Crippen LogP contribution in [0.25, 0.3) is 0 Å². The highest BCUT2D eigenvalue weighted by Gasteiger charge is 2.18. The van der Waals surface area contributed by atoms with Gasteiger partial charge in [-0.2, -0.15) is 0 Å². The van der Waals surface area contributed by atoms with E-state index in [0.717, 1.165) is 25.3 Å². The zero-order valence-corrected chi connectivity index (χ0v) is 14.2. The highest BCUT2D eigenvalue weighted by molar-refractivity contribution is 6.03. The summed E-state index contributed by atoms with van der Waals surface area (Å²) >= 11 is 0. The van der Waals surface area contributed by atoms with Gasteiger partial charge in [0.1, 0.15) is 17.3 Å². The fraction of sp³-hybridized carbons (Fsp3) is 0.143. The van der Waals surface area contributed by atoms with Crippen molar-refractivity contribution in [1.82, 2.24) is 4.98 Å². The van der Waals surface area contributed by atoms with E-state index in [0.29, 0.717) is 11.4 Å². The van der Waals surface area contributed by atoms with Gasteiger partial charge in [-0.25, -0.2) is 4.98 Å². The lowest BCUT2D eigenvalue weighted by Gasteiger charge is -2.29. The molecule has 0 saturated carbocycles. The van der Waals surface area contributed by atoms with Gasteiger partial charge in [-0.1, -0.05) is 30.3 Å². The van der Waals surface area contributed by atoms with Crippen LogP contribution in [0.4, 0.5) is 11.5 Å². The van der Waals surface area contributed by atoms with E-state index in [-0.39, 0.29) is 11.7 Å². The molecule has 0 radical (unpaired) electrons. The summed E-state index contributed by atoms with van der Waals surface area (Å²) in [5.74, 6) is 0.696. The molecular formula is C21H19N3O2. The van der Waals surface area contributed by atoms with Crippen LogP contribution in [0.3, 0.4) is 0 Å². The van der Waals surface area contributed by atoms with Crippen molar-refractivity contribution in [1.29, 1.82) is 0 Å². The van der Waals surface area contributed by atoms with Crippen molar-refractivity contribution in [2.24, 2.45) is 0 Å². The minimum absolute atomic E-state index is 0.161. The largest absolute Gasteiger partial charge is 0.508 e. The molecule has 0 aliphatic carbocycles. The highest BCUT2D eigenvalue weighted by atomic mass is 16.3. The van der Waals surface area contributed by atoms with Gasteiger partial charge in [0.05, 0.1) is 0 Å². The molecule has 2 aromatic carbocycles. The number of aromatic hydroxyl groups is 1. The molecule has 3 aromatic rings. The van der Waals surface area contributed by atoms with Crippen molar-refractivity contribution in [3.63, 3.8) is 0 Å². The molecule has 0 unspecified atom stereocenters. The van der Waals surface area contributed by atoms with Crippen LogP contribution < -0.4 is 10.2 Å². The summed E-state index contributed by atoms with van der Waals surface area (Å²) in [4.78, 5) is 19.2. The second-order valence-corrected chi connectivity index (χ2v) is 6.32. The number of pyridine rings is 1. The third-order valence-corrected chi connectivity index (χ3v) is 4.55. The first-order valence-electron chi connectivity index (χ1n) is 8.58. The van der Waals surface area contributed by atoms with Crippen molar-refractivity contribution < 1.29 is 9.90 Å². The second kappa shape index (κ2) is 6.88. The number of amides is 1. The standard InChI is InChI=1S/C21H19N3O2/c25-18-10-8-17(9-11-18)22-21(26)19-6-3-7-20(23-19)24-13-12-15-4-1-2-5-16(15)14-24/h1-11,25H,12-14H2,(H,22,26). The molecule has 130 valence electrons. The van der Waals surface area contributed by atoms with Crippen LogP contribution in [0, 0.1) is 0 Å². The first-order valence-corrected chi connectivity index (χ1v) is 8.58. The molecule has 4 rings (SSSR count). The summed E-state index contributed by atoms with van der Waals surface area (Å²) in [5.41, 5.74) is 3.67. The lowest BCUT2D eigenvalue weighted by Crippen LogP contribution is -2.31. The topological polar surface area (TPSA) is 65.5 Å². The predicted octanol–water partition coefficient (Wildman–Crippen LogP) is 3.60. The van der Waals surface area contributed by atoms with Crippen LogP contribution in [-0.4, -0.2) is 22.5 Å². The molecule has 1 aromatic heterocycles.